The molecular formula is C4H5FO2. The fraction of sp³-hybridized carbons (Fsp3) is 0.250. The number of ketones is 1. The Hall–Kier alpha value is -0.700. The largest absolute Gasteiger partial charge is 0.292 e. The van der Waals surface area contributed by atoms with E-state index in [2.05, 4.69) is 11.5 Å². The fourth-order valence-corrected chi connectivity index (χ4v) is 0.113. The molecule has 0 saturated heterocycles. The summed E-state index contributed by atoms with van der Waals surface area (Å²) < 4.78 is 10.7. The number of rotatable bonds is 3. The van der Waals surface area contributed by atoms with E-state index >= 15 is 0 Å². The highest BCUT2D eigenvalue weighted by molar-refractivity contribution is 5.90. The number of carbonyl (C=O) groups excluding carboxylic acids is 1. The molecule has 0 spiro atoms. The molecule has 0 rings (SSSR count). The predicted molar refractivity (Wildman–Crippen MR) is 22.3 cm³/mol. The van der Waals surface area contributed by atoms with Crippen molar-refractivity contribution in [1.29, 1.82) is 0 Å². The molecule has 7 heavy (non-hydrogen) atoms. The number of hydrogen-bond acceptors (Lipinski definition) is 2. The Morgan fingerprint density at radius 3 is 2.71 bits per heavy atom. The maximum absolute atomic E-state index is 10.7. The molecule has 0 aliphatic heterocycles. The molecular weight excluding hydrogens is 99.0 g/mol. The van der Waals surface area contributed by atoms with Gasteiger partial charge in [0.25, 0.3) is 0 Å². The van der Waals surface area contributed by atoms with E-state index in [0.29, 0.717) is 0 Å². The average Bonchev–Trinajstić information content (AvgIpc) is 1.68. The summed E-state index contributed by atoms with van der Waals surface area (Å²) >= 11 is 0. The summed E-state index contributed by atoms with van der Waals surface area (Å²) in [6.45, 7) is 2.56. The van der Waals surface area contributed by atoms with E-state index in [4.69, 9.17) is 0 Å². The van der Waals surface area contributed by atoms with Crippen LogP contribution in [-0.2, 0) is 9.74 Å². The molecule has 0 aromatic rings. The van der Waals surface area contributed by atoms with Crippen LogP contribution in [0.3, 0.4) is 0 Å². The van der Waals surface area contributed by atoms with Crippen LogP contribution in [0.4, 0.5) is 4.53 Å². The molecule has 0 atom stereocenters. The van der Waals surface area contributed by atoms with Crippen LogP contribution in [0.15, 0.2) is 12.7 Å². The Balaban J connectivity index is 3.17. The van der Waals surface area contributed by atoms with Crippen molar-refractivity contribution in [2.75, 3.05) is 6.61 Å². The van der Waals surface area contributed by atoms with Crippen molar-refractivity contribution in [3.8, 4) is 0 Å². The Bertz CT molecular complexity index is 79.8. The first kappa shape index (κ1) is 6.30. The highest BCUT2D eigenvalue weighted by Crippen LogP contribution is 1.75. The van der Waals surface area contributed by atoms with Gasteiger partial charge in [0.15, 0.2) is 5.78 Å². The smallest absolute Gasteiger partial charge is 0.184 e. The van der Waals surface area contributed by atoms with Crippen molar-refractivity contribution in [1.82, 2.24) is 0 Å². The molecule has 0 aromatic heterocycles. The monoisotopic (exact) mass is 104 g/mol. The zero-order chi connectivity index (χ0) is 5.70. The molecule has 0 N–H and O–H groups in total. The Morgan fingerprint density at radius 1 is 2.00 bits per heavy atom. The molecule has 0 unspecified atom stereocenters. The van der Waals surface area contributed by atoms with Crippen LogP contribution in [0.5, 0.6) is 0 Å². The van der Waals surface area contributed by atoms with E-state index in [9.17, 15) is 9.32 Å². The van der Waals surface area contributed by atoms with E-state index in [1.54, 1.807) is 0 Å². The molecule has 0 aliphatic rings. The highest BCUT2D eigenvalue weighted by Gasteiger charge is 1.91. The number of halogens is 1. The van der Waals surface area contributed by atoms with Gasteiger partial charge in [-0.05, 0) is 10.6 Å². The molecule has 2 nitrogen and oxygen atoms in total. The van der Waals surface area contributed by atoms with Crippen LogP contribution in [0.25, 0.3) is 0 Å². The Kier molecular flexibility index (Phi) is 3.14. The molecule has 0 aromatic carbocycles. The van der Waals surface area contributed by atoms with E-state index < -0.39 is 12.4 Å². The third-order valence-corrected chi connectivity index (χ3v) is 0.424. The molecule has 0 heterocycles. The summed E-state index contributed by atoms with van der Waals surface area (Å²) in [4.78, 5) is 12.9. The van der Waals surface area contributed by atoms with Crippen LogP contribution in [0.2, 0.25) is 0 Å². The van der Waals surface area contributed by atoms with Gasteiger partial charge in [-0.3, -0.25) is 4.79 Å². The van der Waals surface area contributed by atoms with Gasteiger partial charge in [0.05, 0.1) is 0 Å². The zero-order valence-corrected chi connectivity index (χ0v) is 3.69. The van der Waals surface area contributed by atoms with Crippen LogP contribution in [0, 0.1) is 0 Å². The van der Waals surface area contributed by atoms with Crippen molar-refractivity contribution in [2.24, 2.45) is 0 Å². The summed E-state index contributed by atoms with van der Waals surface area (Å²) in [5.74, 6) is -0.456. The Morgan fingerprint density at radius 2 is 2.57 bits per heavy atom. The van der Waals surface area contributed by atoms with Crippen molar-refractivity contribution in [2.45, 2.75) is 0 Å². The SMILES string of the molecule is C=CC(=O)COF. The molecule has 0 saturated carbocycles. The van der Waals surface area contributed by atoms with Gasteiger partial charge in [-0.15, -0.1) is 0 Å². The molecule has 3 heteroatoms. The summed E-state index contributed by atoms with van der Waals surface area (Å²) in [6, 6.07) is 0. The minimum absolute atomic E-state index is 0.456. The van der Waals surface area contributed by atoms with E-state index in [0.717, 1.165) is 6.08 Å². The second kappa shape index (κ2) is 3.49. The van der Waals surface area contributed by atoms with Gasteiger partial charge in [0, 0.05) is 0 Å². The third kappa shape index (κ3) is 3.12. The van der Waals surface area contributed by atoms with Crippen molar-refractivity contribution >= 4 is 5.78 Å². The van der Waals surface area contributed by atoms with Gasteiger partial charge in [-0.1, -0.05) is 6.58 Å². The van der Waals surface area contributed by atoms with Crippen LogP contribution in [-0.4, -0.2) is 12.4 Å². The van der Waals surface area contributed by atoms with Crippen LogP contribution >= 0.6 is 0 Å². The lowest BCUT2D eigenvalue weighted by molar-refractivity contribution is -0.151. The minimum Gasteiger partial charge on any atom is -0.292 e. The highest BCUT2D eigenvalue weighted by atomic mass is 19.3. The lowest BCUT2D eigenvalue weighted by atomic mass is 10.4. The molecule has 0 fully saturated rings. The van der Waals surface area contributed by atoms with Crippen molar-refractivity contribution in [3.63, 3.8) is 0 Å². The van der Waals surface area contributed by atoms with E-state index in [1.807, 2.05) is 0 Å². The molecule has 0 radical (unpaired) electrons. The maximum Gasteiger partial charge on any atom is 0.184 e. The predicted octanol–water partition coefficient (Wildman–Crippen LogP) is 0.643. The quantitative estimate of drug-likeness (QED) is 0.491. The molecule has 40 valence electrons. The number of carbonyl (C=O) groups is 1. The molecule has 0 aliphatic carbocycles. The normalized spacial score (nSPS) is 8.14. The van der Waals surface area contributed by atoms with Gasteiger partial charge in [-0.2, -0.15) is 4.94 Å². The summed E-state index contributed by atoms with van der Waals surface area (Å²) in [5, 5.41) is 0. The van der Waals surface area contributed by atoms with E-state index in [-0.39, 0.29) is 0 Å². The second-order valence-corrected chi connectivity index (χ2v) is 0.924. The van der Waals surface area contributed by atoms with Gasteiger partial charge in [0.1, 0.15) is 6.61 Å². The standard InChI is InChI=1S/C4H5FO2/c1-2-4(6)3-7-5/h2H,1,3H2. The average molecular weight is 104 g/mol. The first-order valence-corrected chi connectivity index (χ1v) is 1.70. The summed E-state index contributed by atoms with van der Waals surface area (Å²) in [6.07, 6.45) is 1.000. The summed E-state index contributed by atoms with van der Waals surface area (Å²) in [7, 11) is 0. The molecule has 0 amide bonds. The Labute approximate surface area is 40.5 Å². The third-order valence-electron chi connectivity index (χ3n) is 0.424. The van der Waals surface area contributed by atoms with Gasteiger partial charge in [-0.25, -0.2) is 0 Å². The summed E-state index contributed by atoms with van der Waals surface area (Å²) in [5.41, 5.74) is 0. The first-order valence-electron chi connectivity index (χ1n) is 1.70. The maximum atomic E-state index is 10.7. The van der Waals surface area contributed by atoms with Crippen LogP contribution < -0.4 is 0 Å². The van der Waals surface area contributed by atoms with Gasteiger partial charge < -0.3 is 0 Å². The molecule has 0 bridgehead atoms. The first-order chi connectivity index (χ1) is 3.31. The van der Waals surface area contributed by atoms with E-state index in [1.165, 1.54) is 0 Å². The van der Waals surface area contributed by atoms with Gasteiger partial charge >= 0.3 is 0 Å². The fourth-order valence-electron chi connectivity index (χ4n) is 0.113. The topological polar surface area (TPSA) is 26.3 Å². The lowest BCUT2D eigenvalue weighted by Gasteiger charge is -1.81. The van der Waals surface area contributed by atoms with Crippen LogP contribution in [0.1, 0.15) is 0 Å². The van der Waals surface area contributed by atoms with Gasteiger partial charge in [0.2, 0.25) is 0 Å². The second-order valence-electron chi connectivity index (χ2n) is 0.924. The van der Waals surface area contributed by atoms with Crippen molar-refractivity contribution in [3.05, 3.63) is 12.7 Å². The van der Waals surface area contributed by atoms with Crippen molar-refractivity contribution < 1.29 is 14.3 Å². The zero-order valence-electron chi connectivity index (χ0n) is 3.69. The minimum atomic E-state index is -0.524. The lowest BCUT2D eigenvalue weighted by Crippen LogP contribution is -1.98. The number of hydrogen-bond donors (Lipinski definition) is 0.